The lowest BCUT2D eigenvalue weighted by Gasteiger charge is -2.04. The lowest BCUT2D eigenvalue weighted by atomic mass is 10.3. The van der Waals surface area contributed by atoms with E-state index in [4.69, 9.17) is 5.41 Å². The van der Waals surface area contributed by atoms with Gasteiger partial charge in [-0.05, 0) is 25.1 Å². The van der Waals surface area contributed by atoms with E-state index in [-0.39, 0.29) is 0 Å². The van der Waals surface area contributed by atoms with Gasteiger partial charge in [0.1, 0.15) is 5.49 Å². The molecule has 0 saturated carbocycles. The Morgan fingerprint density at radius 2 is 2.21 bits per heavy atom. The maximum absolute atomic E-state index is 7.63. The summed E-state index contributed by atoms with van der Waals surface area (Å²) in [4.78, 5) is 0. The molecule has 0 spiro atoms. The van der Waals surface area contributed by atoms with Crippen LogP contribution in [-0.2, 0) is 0 Å². The van der Waals surface area contributed by atoms with Gasteiger partial charge in [0.05, 0.1) is 0 Å². The largest absolute Gasteiger partial charge is 0.303 e. The normalized spacial score (nSPS) is 11.2. The van der Waals surface area contributed by atoms with Crippen LogP contribution < -0.4 is 5.49 Å². The average molecular weight is 186 g/mol. The third-order valence-corrected chi connectivity index (χ3v) is 1.76. The van der Waals surface area contributed by atoms with Crippen molar-refractivity contribution in [1.82, 2.24) is 4.57 Å². The zero-order valence-electron chi connectivity index (χ0n) is 8.27. The quantitative estimate of drug-likeness (QED) is 0.703. The van der Waals surface area contributed by atoms with Crippen LogP contribution in [0.5, 0.6) is 0 Å². The summed E-state index contributed by atoms with van der Waals surface area (Å²) < 4.78 is 1.72. The van der Waals surface area contributed by atoms with Crippen LogP contribution in [-0.4, -0.2) is 4.57 Å². The third kappa shape index (κ3) is 2.59. The molecular formula is C12H14N2. The molecule has 0 bridgehead atoms. The first kappa shape index (κ1) is 10.3. The zero-order chi connectivity index (χ0) is 10.4. The van der Waals surface area contributed by atoms with Crippen LogP contribution >= 0.6 is 0 Å². The Morgan fingerprint density at radius 3 is 2.86 bits per heavy atom. The van der Waals surface area contributed by atoms with E-state index in [1.165, 1.54) is 0 Å². The SMILES string of the molecule is C=C(/C=C\C=C/C)n1ccccc1=N. The van der Waals surface area contributed by atoms with Gasteiger partial charge in [-0.25, -0.2) is 0 Å². The van der Waals surface area contributed by atoms with Gasteiger partial charge in [-0.2, -0.15) is 0 Å². The van der Waals surface area contributed by atoms with Crippen molar-refractivity contribution in [2.75, 3.05) is 0 Å². The standard InChI is InChI=1S/C12H14N2/c1-3-4-5-8-11(2)14-10-7-6-9-12(14)13/h3-10,13H,2H2,1H3/b4-3-,8-5-,13-12?. The van der Waals surface area contributed by atoms with Crippen molar-refractivity contribution in [3.8, 4) is 0 Å². The van der Waals surface area contributed by atoms with Crippen LogP contribution in [0.15, 0.2) is 55.3 Å². The fraction of sp³-hybridized carbons (Fsp3) is 0.0833. The van der Waals surface area contributed by atoms with Crippen LogP contribution in [0.2, 0.25) is 0 Å². The topological polar surface area (TPSA) is 28.8 Å². The molecule has 0 saturated heterocycles. The predicted molar refractivity (Wildman–Crippen MR) is 59.6 cm³/mol. The molecule has 0 aliphatic carbocycles. The summed E-state index contributed by atoms with van der Waals surface area (Å²) in [6.07, 6.45) is 9.48. The average Bonchev–Trinajstić information content (AvgIpc) is 2.18. The maximum atomic E-state index is 7.63. The highest BCUT2D eigenvalue weighted by molar-refractivity contribution is 5.54. The van der Waals surface area contributed by atoms with E-state index in [9.17, 15) is 0 Å². The van der Waals surface area contributed by atoms with Crippen LogP contribution in [0.4, 0.5) is 0 Å². The van der Waals surface area contributed by atoms with Gasteiger partial charge in [0.15, 0.2) is 0 Å². The van der Waals surface area contributed by atoms with Gasteiger partial charge in [0.25, 0.3) is 0 Å². The number of hydrogen-bond donors (Lipinski definition) is 1. The van der Waals surface area contributed by atoms with E-state index in [0.717, 1.165) is 5.70 Å². The second-order valence-electron chi connectivity index (χ2n) is 2.83. The summed E-state index contributed by atoms with van der Waals surface area (Å²) in [6.45, 7) is 5.84. The summed E-state index contributed by atoms with van der Waals surface area (Å²) in [6, 6.07) is 5.45. The predicted octanol–water partition coefficient (Wildman–Crippen LogP) is 2.57. The number of aromatic nitrogens is 1. The molecule has 0 radical (unpaired) electrons. The number of pyridine rings is 1. The van der Waals surface area contributed by atoms with Crippen LogP contribution in [0, 0.1) is 5.41 Å². The Hall–Kier alpha value is -1.83. The smallest absolute Gasteiger partial charge is 0.129 e. The summed E-state index contributed by atoms with van der Waals surface area (Å²) in [5.74, 6) is 0. The molecular weight excluding hydrogens is 172 g/mol. The van der Waals surface area contributed by atoms with E-state index < -0.39 is 0 Å². The maximum Gasteiger partial charge on any atom is 0.129 e. The molecule has 0 atom stereocenters. The van der Waals surface area contributed by atoms with Crippen molar-refractivity contribution < 1.29 is 0 Å². The molecule has 2 heteroatoms. The minimum atomic E-state index is 0.433. The van der Waals surface area contributed by atoms with Gasteiger partial charge in [0, 0.05) is 11.9 Å². The molecule has 0 aliphatic heterocycles. The molecule has 1 heterocycles. The van der Waals surface area contributed by atoms with Gasteiger partial charge >= 0.3 is 0 Å². The van der Waals surface area contributed by atoms with Crippen LogP contribution in [0.3, 0.4) is 0 Å². The fourth-order valence-corrected chi connectivity index (χ4v) is 1.05. The number of allylic oxidation sites excluding steroid dienone is 5. The lowest BCUT2D eigenvalue weighted by Crippen LogP contribution is -2.15. The van der Waals surface area contributed by atoms with Crippen LogP contribution in [0.25, 0.3) is 5.70 Å². The van der Waals surface area contributed by atoms with Gasteiger partial charge in [0.2, 0.25) is 0 Å². The number of nitrogens with zero attached hydrogens (tertiary/aromatic N) is 1. The Balaban J connectivity index is 2.91. The summed E-state index contributed by atoms with van der Waals surface area (Å²) >= 11 is 0. The molecule has 0 aromatic carbocycles. The summed E-state index contributed by atoms with van der Waals surface area (Å²) in [7, 11) is 0. The highest BCUT2D eigenvalue weighted by Gasteiger charge is 1.90. The second-order valence-corrected chi connectivity index (χ2v) is 2.83. The minimum Gasteiger partial charge on any atom is -0.303 e. The van der Waals surface area contributed by atoms with E-state index in [2.05, 4.69) is 6.58 Å². The molecule has 1 aromatic heterocycles. The molecule has 0 amide bonds. The van der Waals surface area contributed by atoms with Gasteiger partial charge < -0.3 is 4.57 Å². The molecule has 0 aliphatic rings. The monoisotopic (exact) mass is 186 g/mol. The zero-order valence-corrected chi connectivity index (χ0v) is 8.27. The number of nitrogens with one attached hydrogen (secondary N) is 1. The Kier molecular flexibility index (Phi) is 3.68. The van der Waals surface area contributed by atoms with E-state index in [1.807, 2.05) is 49.6 Å². The second kappa shape index (κ2) is 5.02. The molecule has 1 aromatic rings. The fourth-order valence-electron chi connectivity index (χ4n) is 1.05. The first-order chi connectivity index (χ1) is 6.75. The van der Waals surface area contributed by atoms with Crippen molar-refractivity contribution >= 4 is 5.70 Å². The van der Waals surface area contributed by atoms with Crippen molar-refractivity contribution in [3.63, 3.8) is 0 Å². The van der Waals surface area contributed by atoms with Crippen molar-refractivity contribution in [2.24, 2.45) is 0 Å². The van der Waals surface area contributed by atoms with E-state index >= 15 is 0 Å². The van der Waals surface area contributed by atoms with Gasteiger partial charge in [-0.1, -0.05) is 30.9 Å². The van der Waals surface area contributed by atoms with Crippen molar-refractivity contribution in [1.29, 1.82) is 5.41 Å². The third-order valence-electron chi connectivity index (χ3n) is 1.76. The van der Waals surface area contributed by atoms with E-state index in [0.29, 0.717) is 5.49 Å². The number of hydrogen-bond acceptors (Lipinski definition) is 1. The number of rotatable bonds is 3. The molecule has 0 unspecified atom stereocenters. The van der Waals surface area contributed by atoms with E-state index in [1.54, 1.807) is 10.6 Å². The molecule has 1 rings (SSSR count). The molecule has 1 N–H and O–H groups in total. The van der Waals surface area contributed by atoms with Crippen molar-refractivity contribution in [3.05, 3.63) is 60.8 Å². The highest BCUT2D eigenvalue weighted by atomic mass is 15.0. The van der Waals surface area contributed by atoms with Gasteiger partial charge in [-0.3, -0.25) is 5.41 Å². The first-order valence-corrected chi connectivity index (χ1v) is 4.46. The summed E-state index contributed by atoms with van der Waals surface area (Å²) in [5, 5.41) is 7.63. The van der Waals surface area contributed by atoms with Crippen molar-refractivity contribution in [2.45, 2.75) is 6.92 Å². The molecule has 0 fully saturated rings. The van der Waals surface area contributed by atoms with Crippen LogP contribution in [0.1, 0.15) is 6.92 Å². The Labute approximate surface area is 84.0 Å². The minimum absolute atomic E-state index is 0.433. The van der Waals surface area contributed by atoms with Gasteiger partial charge in [-0.15, -0.1) is 0 Å². The Morgan fingerprint density at radius 1 is 1.43 bits per heavy atom. The molecule has 2 nitrogen and oxygen atoms in total. The highest BCUT2D eigenvalue weighted by Crippen LogP contribution is 1.98. The molecule has 14 heavy (non-hydrogen) atoms. The molecule has 72 valence electrons. The first-order valence-electron chi connectivity index (χ1n) is 4.46. The lowest BCUT2D eigenvalue weighted by molar-refractivity contribution is 0.955. The summed E-state index contributed by atoms with van der Waals surface area (Å²) in [5.41, 5.74) is 1.22. The Bertz CT molecular complexity index is 422.